The van der Waals surface area contributed by atoms with Crippen molar-refractivity contribution in [2.45, 2.75) is 32.9 Å². The van der Waals surface area contributed by atoms with E-state index in [0.29, 0.717) is 6.54 Å². The van der Waals surface area contributed by atoms with Crippen LogP contribution in [0.2, 0.25) is 0 Å². The number of ether oxygens (including phenoxy) is 1. The first-order valence-electron chi connectivity index (χ1n) is 5.53. The van der Waals surface area contributed by atoms with Crippen LogP contribution in [0, 0.1) is 18.2 Å². The predicted octanol–water partition coefficient (Wildman–Crippen LogP) is 2.73. The first-order valence-corrected chi connectivity index (χ1v) is 5.53. The van der Waals surface area contributed by atoms with Crippen LogP contribution in [0.25, 0.3) is 0 Å². The lowest BCUT2D eigenvalue weighted by Crippen LogP contribution is -2.35. The van der Waals surface area contributed by atoms with Gasteiger partial charge in [-0.1, -0.05) is 18.1 Å². The zero-order valence-electron chi connectivity index (χ0n) is 10.5. The minimum atomic E-state index is -0.381. The van der Waals surface area contributed by atoms with Crippen molar-refractivity contribution in [1.29, 1.82) is 0 Å². The fourth-order valence-corrected chi connectivity index (χ4v) is 1.33. The van der Waals surface area contributed by atoms with E-state index >= 15 is 0 Å². The molecule has 0 spiro atoms. The Labute approximate surface area is 102 Å². The van der Waals surface area contributed by atoms with Crippen LogP contribution in [0.3, 0.4) is 0 Å². The third-order valence-corrected chi connectivity index (χ3v) is 2.16. The normalized spacial score (nSPS) is 11.0. The molecule has 1 N–H and O–H groups in total. The molecular formula is C14H18FNO. The first-order chi connectivity index (χ1) is 7.94. The largest absolute Gasteiger partial charge is 0.478 e. The summed E-state index contributed by atoms with van der Waals surface area (Å²) in [4.78, 5) is 0. The van der Waals surface area contributed by atoms with Crippen LogP contribution >= 0.6 is 0 Å². The Morgan fingerprint density at radius 1 is 1.41 bits per heavy atom. The predicted molar refractivity (Wildman–Crippen MR) is 67.3 cm³/mol. The minimum absolute atomic E-state index is 0.0320. The number of halogens is 1. The smallest absolute Gasteiger partial charge is 0.165 e. The highest BCUT2D eigenvalue weighted by Crippen LogP contribution is 2.23. The molecule has 3 heteroatoms. The molecule has 17 heavy (non-hydrogen) atoms. The van der Waals surface area contributed by atoms with Crippen LogP contribution in [0.15, 0.2) is 18.2 Å². The van der Waals surface area contributed by atoms with Crippen LogP contribution in [-0.2, 0) is 6.54 Å². The SMILES string of the molecule is C#CCOc1c(F)cccc1CNC(C)(C)C. The second kappa shape index (κ2) is 5.70. The van der Waals surface area contributed by atoms with Gasteiger partial charge in [0.1, 0.15) is 6.61 Å². The molecule has 0 saturated heterocycles. The zero-order chi connectivity index (χ0) is 12.9. The summed E-state index contributed by atoms with van der Waals surface area (Å²) in [7, 11) is 0. The Bertz CT molecular complexity index is 415. The lowest BCUT2D eigenvalue weighted by Gasteiger charge is -2.21. The fourth-order valence-electron chi connectivity index (χ4n) is 1.33. The molecule has 0 atom stereocenters. The molecule has 92 valence electrons. The summed E-state index contributed by atoms with van der Waals surface area (Å²) in [6, 6.07) is 4.86. The average Bonchev–Trinajstić information content (AvgIpc) is 2.24. The van der Waals surface area contributed by atoms with Gasteiger partial charge in [-0.3, -0.25) is 0 Å². The third kappa shape index (κ3) is 4.46. The number of rotatable bonds is 4. The van der Waals surface area contributed by atoms with E-state index < -0.39 is 0 Å². The van der Waals surface area contributed by atoms with Gasteiger partial charge in [0, 0.05) is 17.6 Å². The summed E-state index contributed by atoms with van der Waals surface area (Å²) in [6.07, 6.45) is 5.11. The molecule has 1 rings (SSSR count). The molecule has 0 radical (unpaired) electrons. The molecule has 2 nitrogen and oxygen atoms in total. The van der Waals surface area contributed by atoms with Crippen LogP contribution in [-0.4, -0.2) is 12.1 Å². The van der Waals surface area contributed by atoms with Crippen LogP contribution in [0.5, 0.6) is 5.75 Å². The molecule has 0 saturated carbocycles. The minimum Gasteiger partial charge on any atom is -0.478 e. The van der Waals surface area contributed by atoms with Gasteiger partial charge in [-0.05, 0) is 26.8 Å². The molecule has 1 aromatic rings. The van der Waals surface area contributed by atoms with Gasteiger partial charge in [0.25, 0.3) is 0 Å². The summed E-state index contributed by atoms with van der Waals surface area (Å²) in [6.45, 7) is 6.77. The first kappa shape index (κ1) is 13.5. The number of hydrogen-bond donors (Lipinski definition) is 1. The number of hydrogen-bond acceptors (Lipinski definition) is 2. The summed E-state index contributed by atoms with van der Waals surface area (Å²) < 4.78 is 18.8. The van der Waals surface area contributed by atoms with Crippen molar-refractivity contribution in [3.63, 3.8) is 0 Å². The molecule has 0 fully saturated rings. The van der Waals surface area contributed by atoms with Crippen LogP contribution < -0.4 is 10.1 Å². The van der Waals surface area contributed by atoms with Gasteiger partial charge in [-0.25, -0.2) is 4.39 Å². The van der Waals surface area contributed by atoms with Gasteiger partial charge in [0.2, 0.25) is 0 Å². The standard InChI is InChI=1S/C14H18FNO/c1-5-9-17-13-11(7-6-8-12(13)15)10-16-14(2,3)4/h1,6-8,16H,9-10H2,2-4H3. The number of benzene rings is 1. The second-order valence-electron chi connectivity index (χ2n) is 4.82. The average molecular weight is 235 g/mol. The van der Waals surface area contributed by atoms with Gasteiger partial charge in [0.15, 0.2) is 11.6 Å². The van der Waals surface area contributed by atoms with E-state index in [1.54, 1.807) is 6.07 Å². The molecule has 0 aromatic heterocycles. The maximum absolute atomic E-state index is 13.6. The highest BCUT2D eigenvalue weighted by atomic mass is 19.1. The number of nitrogens with one attached hydrogen (secondary N) is 1. The Kier molecular flexibility index (Phi) is 4.53. The molecule has 0 unspecified atom stereocenters. The maximum atomic E-state index is 13.6. The molecule has 0 heterocycles. The van der Waals surface area contributed by atoms with E-state index in [1.165, 1.54) is 6.07 Å². The molecule has 1 aromatic carbocycles. The Morgan fingerprint density at radius 2 is 2.12 bits per heavy atom. The highest BCUT2D eigenvalue weighted by Gasteiger charge is 2.13. The summed E-state index contributed by atoms with van der Waals surface area (Å²) in [5, 5.41) is 3.28. The molecule has 0 aliphatic carbocycles. The fraction of sp³-hybridized carbons (Fsp3) is 0.429. The monoisotopic (exact) mass is 235 g/mol. The van der Waals surface area contributed by atoms with Crippen molar-refractivity contribution < 1.29 is 9.13 Å². The van der Waals surface area contributed by atoms with E-state index in [1.807, 2.05) is 26.8 Å². The van der Waals surface area contributed by atoms with Gasteiger partial charge < -0.3 is 10.1 Å². The summed E-state index contributed by atoms with van der Waals surface area (Å²) in [5.74, 6) is 2.19. The zero-order valence-corrected chi connectivity index (χ0v) is 10.5. The molecule has 0 bridgehead atoms. The van der Waals surface area contributed by atoms with Gasteiger partial charge in [0.05, 0.1) is 0 Å². The lowest BCUT2D eigenvalue weighted by atomic mass is 10.1. The topological polar surface area (TPSA) is 21.3 Å². The maximum Gasteiger partial charge on any atom is 0.165 e. The van der Waals surface area contributed by atoms with E-state index in [-0.39, 0.29) is 23.7 Å². The van der Waals surface area contributed by atoms with Crippen molar-refractivity contribution in [3.05, 3.63) is 29.6 Å². The van der Waals surface area contributed by atoms with Gasteiger partial charge in [-0.15, -0.1) is 6.42 Å². The van der Waals surface area contributed by atoms with E-state index in [9.17, 15) is 4.39 Å². The molecule has 0 amide bonds. The van der Waals surface area contributed by atoms with E-state index in [2.05, 4.69) is 11.2 Å². The molecular weight excluding hydrogens is 217 g/mol. The number of para-hydroxylation sites is 1. The molecule has 0 aliphatic rings. The van der Waals surface area contributed by atoms with Crippen molar-refractivity contribution >= 4 is 0 Å². The van der Waals surface area contributed by atoms with Gasteiger partial charge >= 0.3 is 0 Å². The summed E-state index contributed by atoms with van der Waals surface area (Å²) in [5.41, 5.74) is 0.741. The quantitative estimate of drug-likeness (QED) is 0.810. The Balaban J connectivity index is 2.83. The van der Waals surface area contributed by atoms with Crippen molar-refractivity contribution in [3.8, 4) is 18.1 Å². The van der Waals surface area contributed by atoms with Crippen molar-refractivity contribution in [2.75, 3.05) is 6.61 Å². The van der Waals surface area contributed by atoms with Crippen LogP contribution in [0.1, 0.15) is 26.3 Å². The van der Waals surface area contributed by atoms with Gasteiger partial charge in [-0.2, -0.15) is 0 Å². The van der Waals surface area contributed by atoms with E-state index in [4.69, 9.17) is 11.2 Å². The second-order valence-corrected chi connectivity index (χ2v) is 4.82. The highest BCUT2D eigenvalue weighted by molar-refractivity contribution is 5.35. The van der Waals surface area contributed by atoms with E-state index in [0.717, 1.165) is 5.56 Å². The van der Waals surface area contributed by atoms with Crippen molar-refractivity contribution in [1.82, 2.24) is 5.32 Å². The Morgan fingerprint density at radius 3 is 2.71 bits per heavy atom. The summed E-state index contributed by atoms with van der Waals surface area (Å²) >= 11 is 0. The van der Waals surface area contributed by atoms with Crippen LogP contribution in [0.4, 0.5) is 4.39 Å². The van der Waals surface area contributed by atoms with Crippen molar-refractivity contribution in [2.24, 2.45) is 0 Å². The third-order valence-electron chi connectivity index (χ3n) is 2.16. The Hall–Kier alpha value is -1.53. The molecule has 0 aliphatic heterocycles. The number of terminal acetylenes is 1. The lowest BCUT2D eigenvalue weighted by molar-refractivity contribution is 0.338.